The lowest BCUT2D eigenvalue weighted by molar-refractivity contribution is -0.115. The standard InChI is InChI=1S/C18H16F2N2O3S2/c1-2-10-22-17-14(20)4-3-5-15(17)26-18(22)21-16(23)11-27(24,25)13-8-6-12(19)7-9-13/h3-9H,2,10-11H2,1H3. The molecule has 0 N–H and O–H groups in total. The van der Waals surface area contributed by atoms with E-state index in [4.69, 9.17) is 0 Å². The van der Waals surface area contributed by atoms with E-state index in [1.165, 1.54) is 6.07 Å². The monoisotopic (exact) mass is 410 g/mol. The molecule has 2 aromatic carbocycles. The maximum absolute atomic E-state index is 14.2. The number of carbonyl (C=O) groups excluding carboxylic acids is 1. The maximum atomic E-state index is 14.2. The average Bonchev–Trinajstić information content (AvgIpc) is 2.93. The minimum Gasteiger partial charge on any atom is -0.314 e. The highest BCUT2D eigenvalue weighted by Gasteiger charge is 2.20. The number of hydrogen-bond acceptors (Lipinski definition) is 4. The van der Waals surface area contributed by atoms with Crippen molar-refractivity contribution in [1.29, 1.82) is 0 Å². The zero-order chi connectivity index (χ0) is 19.6. The molecule has 27 heavy (non-hydrogen) atoms. The first-order valence-electron chi connectivity index (χ1n) is 8.15. The number of hydrogen-bond donors (Lipinski definition) is 0. The van der Waals surface area contributed by atoms with E-state index in [9.17, 15) is 22.0 Å². The minimum atomic E-state index is -3.95. The molecule has 0 saturated heterocycles. The largest absolute Gasteiger partial charge is 0.314 e. The lowest BCUT2D eigenvalue weighted by atomic mass is 10.3. The molecular weight excluding hydrogens is 394 g/mol. The van der Waals surface area contributed by atoms with Gasteiger partial charge in [-0.2, -0.15) is 4.99 Å². The molecule has 3 aromatic rings. The van der Waals surface area contributed by atoms with Gasteiger partial charge in [0.15, 0.2) is 14.6 Å². The first-order chi connectivity index (χ1) is 12.8. The number of carbonyl (C=O) groups is 1. The van der Waals surface area contributed by atoms with Crippen LogP contribution in [0.2, 0.25) is 0 Å². The number of nitrogens with zero attached hydrogens (tertiary/aromatic N) is 2. The molecule has 5 nitrogen and oxygen atoms in total. The van der Waals surface area contributed by atoms with Crippen LogP contribution >= 0.6 is 11.3 Å². The summed E-state index contributed by atoms with van der Waals surface area (Å²) < 4.78 is 54.0. The Labute approximate surface area is 158 Å². The third-order valence-electron chi connectivity index (χ3n) is 3.81. The normalized spacial score (nSPS) is 12.6. The van der Waals surface area contributed by atoms with E-state index < -0.39 is 33.1 Å². The fraction of sp³-hybridized carbons (Fsp3) is 0.222. The van der Waals surface area contributed by atoms with Gasteiger partial charge in [-0.15, -0.1) is 0 Å². The summed E-state index contributed by atoms with van der Waals surface area (Å²) in [6, 6.07) is 8.83. The molecule has 0 unspecified atom stereocenters. The zero-order valence-electron chi connectivity index (χ0n) is 14.4. The molecular formula is C18H16F2N2O3S2. The molecule has 0 saturated carbocycles. The fourth-order valence-electron chi connectivity index (χ4n) is 2.63. The number of aryl methyl sites for hydroxylation is 1. The van der Waals surface area contributed by atoms with Crippen molar-refractivity contribution in [2.75, 3.05) is 5.75 Å². The Kier molecular flexibility index (Phi) is 5.52. The van der Waals surface area contributed by atoms with Gasteiger partial charge in [0.1, 0.15) is 17.4 Å². The highest BCUT2D eigenvalue weighted by molar-refractivity contribution is 7.92. The number of aromatic nitrogens is 1. The second kappa shape index (κ2) is 7.69. The number of fused-ring (bicyclic) bond motifs is 1. The number of rotatable bonds is 5. The van der Waals surface area contributed by atoms with E-state index in [0.717, 1.165) is 35.6 Å². The van der Waals surface area contributed by atoms with Crippen molar-refractivity contribution >= 4 is 37.3 Å². The van der Waals surface area contributed by atoms with Crippen LogP contribution in [0.3, 0.4) is 0 Å². The molecule has 0 atom stereocenters. The molecule has 1 heterocycles. The van der Waals surface area contributed by atoms with Crippen LogP contribution in [0.15, 0.2) is 52.4 Å². The minimum absolute atomic E-state index is 0.156. The molecule has 1 amide bonds. The first-order valence-corrected chi connectivity index (χ1v) is 10.6. The van der Waals surface area contributed by atoms with Crippen LogP contribution in [0.1, 0.15) is 13.3 Å². The predicted molar refractivity (Wildman–Crippen MR) is 99.1 cm³/mol. The Hall–Kier alpha value is -2.39. The third kappa shape index (κ3) is 4.14. The average molecular weight is 410 g/mol. The van der Waals surface area contributed by atoms with Crippen LogP contribution in [-0.4, -0.2) is 24.6 Å². The Bertz CT molecular complexity index is 1160. The van der Waals surface area contributed by atoms with E-state index in [0.29, 0.717) is 23.2 Å². The fourth-order valence-corrected chi connectivity index (χ4v) is 4.82. The highest BCUT2D eigenvalue weighted by Crippen LogP contribution is 2.20. The molecule has 3 rings (SSSR count). The number of benzene rings is 2. The predicted octanol–water partition coefficient (Wildman–Crippen LogP) is 3.29. The van der Waals surface area contributed by atoms with Gasteiger partial charge >= 0.3 is 0 Å². The quantitative estimate of drug-likeness (QED) is 0.606. The summed E-state index contributed by atoms with van der Waals surface area (Å²) in [6.45, 7) is 2.35. The number of thiazole rings is 1. The van der Waals surface area contributed by atoms with E-state index in [2.05, 4.69) is 4.99 Å². The maximum Gasteiger partial charge on any atom is 0.263 e. The summed E-state index contributed by atoms with van der Waals surface area (Å²) in [7, 11) is -3.95. The smallest absolute Gasteiger partial charge is 0.263 e. The van der Waals surface area contributed by atoms with Crippen molar-refractivity contribution in [2.45, 2.75) is 24.8 Å². The van der Waals surface area contributed by atoms with Gasteiger partial charge in [0.2, 0.25) is 0 Å². The van der Waals surface area contributed by atoms with Crippen LogP contribution in [0.4, 0.5) is 8.78 Å². The van der Waals surface area contributed by atoms with Gasteiger partial charge in [0.05, 0.1) is 15.1 Å². The number of sulfone groups is 1. The summed E-state index contributed by atoms with van der Waals surface area (Å²) >= 11 is 1.12. The molecule has 142 valence electrons. The summed E-state index contributed by atoms with van der Waals surface area (Å²) in [6.07, 6.45) is 0.690. The van der Waals surface area contributed by atoms with Gasteiger partial charge in [-0.25, -0.2) is 17.2 Å². The topological polar surface area (TPSA) is 68.5 Å². The second-order valence-electron chi connectivity index (χ2n) is 5.84. The third-order valence-corrected chi connectivity index (χ3v) is 6.47. The van der Waals surface area contributed by atoms with Crippen LogP contribution in [0.25, 0.3) is 10.2 Å². The molecule has 0 aliphatic heterocycles. The summed E-state index contributed by atoms with van der Waals surface area (Å²) in [4.78, 5) is 16.3. The van der Waals surface area contributed by atoms with Crippen molar-refractivity contribution in [1.82, 2.24) is 4.57 Å². The second-order valence-corrected chi connectivity index (χ2v) is 8.84. The lowest BCUT2D eigenvalue weighted by Gasteiger charge is -2.04. The van der Waals surface area contributed by atoms with Crippen molar-refractivity contribution < 1.29 is 22.0 Å². The van der Waals surface area contributed by atoms with Crippen molar-refractivity contribution in [3.63, 3.8) is 0 Å². The molecule has 0 fully saturated rings. The molecule has 0 radical (unpaired) electrons. The van der Waals surface area contributed by atoms with Crippen LogP contribution in [0, 0.1) is 11.6 Å². The number of amides is 1. The summed E-state index contributed by atoms with van der Waals surface area (Å²) in [5, 5.41) is 0. The van der Waals surface area contributed by atoms with E-state index in [1.54, 1.807) is 16.7 Å². The molecule has 9 heteroatoms. The summed E-state index contributed by atoms with van der Waals surface area (Å²) in [5.74, 6) is -2.71. The molecule has 0 aliphatic rings. The van der Waals surface area contributed by atoms with Gasteiger partial charge in [-0.05, 0) is 42.8 Å². The van der Waals surface area contributed by atoms with Crippen LogP contribution in [0.5, 0.6) is 0 Å². The van der Waals surface area contributed by atoms with Gasteiger partial charge in [0, 0.05) is 6.54 Å². The molecule has 0 aliphatic carbocycles. The van der Waals surface area contributed by atoms with Gasteiger partial charge in [-0.1, -0.05) is 24.3 Å². The van der Waals surface area contributed by atoms with Gasteiger partial charge < -0.3 is 4.57 Å². The lowest BCUT2D eigenvalue weighted by Crippen LogP contribution is -2.21. The SMILES string of the molecule is CCCn1c(=NC(=O)CS(=O)(=O)c2ccc(F)cc2)sc2cccc(F)c21. The highest BCUT2D eigenvalue weighted by atomic mass is 32.2. The summed E-state index contributed by atoms with van der Waals surface area (Å²) in [5.41, 5.74) is 0.345. The van der Waals surface area contributed by atoms with E-state index in [1.807, 2.05) is 6.92 Å². The Balaban J connectivity index is 1.99. The number of para-hydroxylation sites is 1. The zero-order valence-corrected chi connectivity index (χ0v) is 16.0. The van der Waals surface area contributed by atoms with Crippen LogP contribution in [-0.2, 0) is 21.2 Å². The number of halogens is 2. The van der Waals surface area contributed by atoms with E-state index >= 15 is 0 Å². The van der Waals surface area contributed by atoms with Crippen molar-refractivity contribution in [2.24, 2.45) is 4.99 Å². The molecule has 0 spiro atoms. The van der Waals surface area contributed by atoms with Gasteiger partial charge in [0.25, 0.3) is 5.91 Å². The Morgan fingerprint density at radius 1 is 1.15 bits per heavy atom. The van der Waals surface area contributed by atoms with Crippen molar-refractivity contribution in [3.8, 4) is 0 Å². The Morgan fingerprint density at radius 2 is 1.85 bits per heavy atom. The Morgan fingerprint density at radius 3 is 2.52 bits per heavy atom. The van der Waals surface area contributed by atoms with E-state index in [-0.39, 0.29) is 9.70 Å². The van der Waals surface area contributed by atoms with Crippen molar-refractivity contribution in [3.05, 3.63) is 58.9 Å². The first kappa shape index (κ1) is 19.4. The van der Waals surface area contributed by atoms with Gasteiger partial charge in [-0.3, -0.25) is 4.79 Å². The molecule has 0 bridgehead atoms. The molecule has 1 aromatic heterocycles. The van der Waals surface area contributed by atoms with Crippen LogP contribution < -0.4 is 4.80 Å².